The number of nitrogens with one attached hydrogen (secondary N) is 2. The van der Waals surface area contributed by atoms with E-state index in [1.807, 2.05) is 20.8 Å². The number of morpholine rings is 1. The number of carbonyl (C=O) groups excluding carboxylic acids is 2. The zero-order valence-corrected chi connectivity index (χ0v) is 14.7. The molecular weight excluding hydrogens is 294 g/mol. The first kappa shape index (κ1) is 18.2. The number of rotatable bonds is 7. The van der Waals surface area contributed by atoms with E-state index in [2.05, 4.69) is 15.5 Å². The van der Waals surface area contributed by atoms with Crippen LogP contribution in [0.5, 0.6) is 0 Å². The SMILES string of the molecule is CC(C)(C)CC(=O)NCC1CN(CC(=O)NCC2CC2)CCO1. The Morgan fingerprint density at radius 3 is 2.48 bits per heavy atom. The maximum atomic E-state index is 11.9. The molecule has 0 aromatic carbocycles. The summed E-state index contributed by atoms with van der Waals surface area (Å²) in [4.78, 5) is 25.9. The Hall–Kier alpha value is -1.14. The summed E-state index contributed by atoms with van der Waals surface area (Å²) in [6, 6.07) is 0. The van der Waals surface area contributed by atoms with Crippen LogP contribution in [0.15, 0.2) is 0 Å². The largest absolute Gasteiger partial charge is 0.374 e. The fourth-order valence-electron chi connectivity index (χ4n) is 2.66. The minimum atomic E-state index is -0.0381. The van der Waals surface area contributed by atoms with Gasteiger partial charge in [0.2, 0.25) is 11.8 Å². The van der Waals surface area contributed by atoms with Crippen LogP contribution in [0.3, 0.4) is 0 Å². The Labute approximate surface area is 139 Å². The molecule has 1 aliphatic carbocycles. The Morgan fingerprint density at radius 1 is 1.13 bits per heavy atom. The summed E-state index contributed by atoms with van der Waals surface area (Å²) >= 11 is 0. The zero-order chi connectivity index (χ0) is 16.9. The van der Waals surface area contributed by atoms with Crippen molar-refractivity contribution < 1.29 is 14.3 Å². The Morgan fingerprint density at radius 2 is 1.83 bits per heavy atom. The second kappa shape index (κ2) is 8.11. The highest BCUT2D eigenvalue weighted by Crippen LogP contribution is 2.27. The van der Waals surface area contributed by atoms with Gasteiger partial charge in [-0.1, -0.05) is 20.8 Å². The highest BCUT2D eigenvalue weighted by molar-refractivity contribution is 5.78. The van der Waals surface area contributed by atoms with Gasteiger partial charge in [0.1, 0.15) is 0 Å². The van der Waals surface area contributed by atoms with Gasteiger partial charge < -0.3 is 15.4 Å². The van der Waals surface area contributed by atoms with Gasteiger partial charge in [0.25, 0.3) is 0 Å². The van der Waals surface area contributed by atoms with E-state index in [4.69, 9.17) is 4.74 Å². The molecule has 2 N–H and O–H groups in total. The molecule has 132 valence electrons. The van der Waals surface area contributed by atoms with Crippen molar-refractivity contribution in [2.75, 3.05) is 39.3 Å². The Bertz CT molecular complexity index is 416. The van der Waals surface area contributed by atoms with Crippen molar-refractivity contribution in [1.82, 2.24) is 15.5 Å². The van der Waals surface area contributed by atoms with Crippen molar-refractivity contribution in [2.45, 2.75) is 46.1 Å². The summed E-state index contributed by atoms with van der Waals surface area (Å²) in [5, 5.41) is 5.93. The number of ether oxygens (including phenoxy) is 1. The van der Waals surface area contributed by atoms with Crippen molar-refractivity contribution in [3.05, 3.63) is 0 Å². The first-order valence-electron chi connectivity index (χ1n) is 8.69. The minimum absolute atomic E-state index is 0.0107. The Balaban J connectivity index is 1.64. The molecule has 1 aliphatic heterocycles. The molecule has 2 aliphatic rings. The normalized spacial score (nSPS) is 22.7. The molecule has 1 saturated carbocycles. The van der Waals surface area contributed by atoms with Crippen LogP contribution in [0.25, 0.3) is 0 Å². The molecule has 0 bridgehead atoms. The van der Waals surface area contributed by atoms with Crippen LogP contribution in [-0.4, -0.2) is 62.1 Å². The molecule has 1 atom stereocenters. The van der Waals surface area contributed by atoms with Crippen LogP contribution in [0, 0.1) is 11.3 Å². The molecule has 6 heteroatoms. The van der Waals surface area contributed by atoms with Crippen molar-refractivity contribution >= 4 is 11.8 Å². The van der Waals surface area contributed by atoms with Gasteiger partial charge in [-0.2, -0.15) is 0 Å². The average molecular weight is 325 g/mol. The van der Waals surface area contributed by atoms with Crippen LogP contribution in [0.2, 0.25) is 0 Å². The average Bonchev–Trinajstić information content (AvgIpc) is 3.26. The molecule has 2 rings (SSSR count). The number of amides is 2. The van der Waals surface area contributed by atoms with E-state index >= 15 is 0 Å². The summed E-state index contributed by atoms with van der Waals surface area (Å²) < 4.78 is 5.69. The van der Waals surface area contributed by atoms with E-state index in [9.17, 15) is 9.59 Å². The molecular formula is C17H31N3O3. The van der Waals surface area contributed by atoms with Crippen LogP contribution in [0.4, 0.5) is 0 Å². The predicted molar refractivity (Wildman–Crippen MR) is 89.0 cm³/mol. The highest BCUT2D eigenvalue weighted by atomic mass is 16.5. The van der Waals surface area contributed by atoms with Crippen LogP contribution < -0.4 is 10.6 Å². The van der Waals surface area contributed by atoms with Crippen LogP contribution in [-0.2, 0) is 14.3 Å². The molecule has 1 heterocycles. The lowest BCUT2D eigenvalue weighted by Gasteiger charge is -2.32. The lowest BCUT2D eigenvalue weighted by Crippen LogP contribution is -2.50. The molecule has 6 nitrogen and oxygen atoms in total. The monoisotopic (exact) mass is 325 g/mol. The summed E-state index contributed by atoms with van der Waals surface area (Å²) in [5.74, 6) is 0.851. The Kier molecular flexibility index (Phi) is 6.41. The second-order valence-corrected chi connectivity index (χ2v) is 8.02. The standard InChI is InChI=1S/C17H31N3O3/c1-17(2,3)8-15(21)19-10-14-11-20(6-7-23-14)12-16(22)18-9-13-4-5-13/h13-14H,4-12H2,1-3H3,(H,18,22)(H,19,21). The molecule has 2 amide bonds. The summed E-state index contributed by atoms with van der Waals surface area (Å²) in [6.07, 6.45) is 2.96. The van der Waals surface area contributed by atoms with Crippen molar-refractivity contribution in [3.63, 3.8) is 0 Å². The fourth-order valence-corrected chi connectivity index (χ4v) is 2.66. The number of nitrogens with zero attached hydrogens (tertiary/aromatic N) is 1. The van der Waals surface area contributed by atoms with E-state index in [0.29, 0.717) is 38.6 Å². The minimum Gasteiger partial charge on any atom is -0.374 e. The first-order chi connectivity index (χ1) is 10.8. The molecule has 23 heavy (non-hydrogen) atoms. The van der Waals surface area contributed by atoms with Crippen LogP contribution >= 0.6 is 0 Å². The molecule has 1 unspecified atom stereocenters. The molecule has 0 radical (unpaired) electrons. The predicted octanol–water partition coefficient (Wildman–Crippen LogP) is 0.766. The number of carbonyl (C=O) groups is 2. The van der Waals surface area contributed by atoms with Gasteiger partial charge in [-0.15, -0.1) is 0 Å². The van der Waals surface area contributed by atoms with Crippen LogP contribution in [0.1, 0.15) is 40.0 Å². The van der Waals surface area contributed by atoms with Crippen molar-refractivity contribution in [1.29, 1.82) is 0 Å². The molecule has 0 aromatic rings. The maximum Gasteiger partial charge on any atom is 0.234 e. The van der Waals surface area contributed by atoms with E-state index in [0.717, 1.165) is 13.1 Å². The lowest BCUT2D eigenvalue weighted by molar-refractivity contribution is -0.126. The van der Waals surface area contributed by atoms with Crippen molar-refractivity contribution in [3.8, 4) is 0 Å². The van der Waals surface area contributed by atoms with Gasteiger partial charge in [-0.25, -0.2) is 0 Å². The third kappa shape index (κ3) is 7.79. The van der Waals surface area contributed by atoms with Gasteiger partial charge in [-0.3, -0.25) is 14.5 Å². The second-order valence-electron chi connectivity index (χ2n) is 8.02. The van der Waals surface area contributed by atoms with Gasteiger partial charge in [0, 0.05) is 32.6 Å². The lowest BCUT2D eigenvalue weighted by atomic mass is 9.92. The van der Waals surface area contributed by atoms with Gasteiger partial charge in [-0.05, 0) is 24.2 Å². The van der Waals surface area contributed by atoms with E-state index in [1.165, 1.54) is 12.8 Å². The van der Waals surface area contributed by atoms with Gasteiger partial charge in [0.05, 0.1) is 19.3 Å². The first-order valence-corrected chi connectivity index (χ1v) is 8.69. The molecule has 2 fully saturated rings. The smallest absolute Gasteiger partial charge is 0.234 e. The number of hydrogen-bond donors (Lipinski definition) is 2. The van der Waals surface area contributed by atoms with Gasteiger partial charge >= 0.3 is 0 Å². The maximum absolute atomic E-state index is 11.9. The topological polar surface area (TPSA) is 70.7 Å². The summed E-state index contributed by atoms with van der Waals surface area (Å²) in [7, 11) is 0. The molecule has 0 spiro atoms. The summed E-state index contributed by atoms with van der Waals surface area (Å²) in [5.41, 5.74) is -0.0107. The summed E-state index contributed by atoms with van der Waals surface area (Å²) in [6.45, 7) is 9.95. The number of hydrogen-bond acceptors (Lipinski definition) is 4. The zero-order valence-electron chi connectivity index (χ0n) is 14.7. The highest BCUT2D eigenvalue weighted by Gasteiger charge is 2.25. The third-order valence-electron chi connectivity index (χ3n) is 4.09. The van der Waals surface area contributed by atoms with Crippen molar-refractivity contribution in [2.24, 2.45) is 11.3 Å². The molecule has 0 aromatic heterocycles. The fraction of sp³-hybridized carbons (Fsp3) is 0.882. The third-order valence-corrected chi connectivity index (χ3v) is 4.09. The van der Waals surface area contributed by atoms with Gasteiger partial charge in [0.15, 0.2) is 0 Å². The van der Waals surface area contributed by atoms with E-state index in [-0.39, 0.29) is 23.3 Å². The van der Waals surface area contributed by atoms with E-state index < -0.39 is 0 Å². The molecule has 1 saturated heterocycles. The van der Waals surface area contributed by atoms with E-state index in [1.54, 1.807) is 0 Å². The quantitative estimate of drug-likeness (QED) is 0.725.